The molecule has 0 saturated heterocycles. The normalized spacial score (nSPS) is 10.9. The quantitative estimate of drug-likeness (QED) is 0.678. The van der Waals surface area contributed by atoms with Crippen LogP contribution in [0.25, 0.3) is 0 Å². The molecule has 0 radical (unpaired) electrons. The molecule has 0 aromatic carbocycles. The minimum Gasteiger partial charge on any atom is -0.369 e. The Hall–Kier alpha value is -2.18. The predicted octanol–water partition coefficient (Wildman–Crippen LogP) is 0.150. The van der Waals surface area contributed by atoms with E-state index >= 15 is 0 Å². The van der Waals surface area contributed by atoms with E-state index < -0.39 is 11.3 Å². The van der Waals surface area contributed by atoms with Gasteiger partial charge in [0, 0.05) is 13.1 Å². The summed E-state index contributed by atoms with van der Waals surface area (Å²) in [7, 11) is 0. The fourth-order valence-electron chi connectivity index (χ4n) is 1.20. The van der Waals surface area contributed by atoms with Gasteiger partial charge in [-0.05, 0) is 20.8 Å². The molecule has 0 atom stereocenters. The van der Waals surface area contributed by atoms with Gasteiger partial charge >= 0.3 is 0 Å². The zero-order valence-corrected chi connectivity index (χ0v) is 11.4. The highest BCUT2D eigenvalue weighted by atomic mass is 16.2. The van der Waals surface area contributed by atoms with Crippen molar-refractivity contribution in [2.45, 2.75) is 20.8 Å². The van der Waals surface area contributed by atoms with E-state index in [2.05, 4.69) is 20.6 Å². The van der Waals surface area contributed by atoms with Crippen molar-refractivity contribution in [1.82, 2.24) is 15.3 Å². The Morgan fingerprint density at radius 3 is 2.47 bits per heavy atom. The van der Waals surface area contributed by atoms with E-state index in [0.717, 1.165) is 6.54 Å². The molecule has 0 aliphatic carbocycles. The van der Waals surface area contributed by atoms with Crippen molar-refractivity contribution in [2.24, 2.45) is 11.1 Å². The van der Waals surface area contributed by atoms with Gasteiger partial charge in [-0.1, -0.05) is 0 Å². The lowest BCUT2D eigenvalue weighted by Crippen LogP contribution is -2.42. The molecule has 1 rings (SSSR count). The monoisotopic (exact) mass is 265 g/mol. The third-order valence-corrected chi connectivity index (χ3v) is 2.60. The molecular formula is C12H19N5O2. The van der Waals surface area contributed by atoms with E-state index in [1.54, 1.807) is 13.8 Å². The SMILES string of the molecule is CCNc1cnc(C(=O)NCC(C)(C)C(N)=O)cn1. The van der Waals surface area contributed by atoms with Crippen molar-refractivity contribution in [1.29, 1.82) is 0 Å². The Labute approximate surface area is 112 Å². The van der Waals surface area contributed by atoms with Crippen LogP contribution in [-0.4, -0.2) is 34.9 Å². The van der Waals surface area contributed by atoms with Gasteiger partial charge in [-0.2, -0.15) is 0 Å². The number of nitrogens with one attached hydrogen (secondary N) is 2. The molecule has 2 amide bonds. The molecule has 0 bridgehead atoms. The standard InChI is InChI=1S/C12H19N5O2/c1-4-14-9-6-15-8(5-16-9)10(18)17-7-12(2,3)11(13)19/h5-6H,4,7H2,1-3H3,(H2,13,19)(H,14,16)(H,17,18). The highest BCUT2D eigenvalue weighted by Gasteiger charge is 2.25. The number of amides is 2. The summed E-state index contributed by atoms with van der Waals surface area (Å²) in [5, 5.41) is 5.59. The molecule has 19 heavy (non-hydrogen) atoms. The van der Waals surface area contributed by atoms with E-state index in [1.807, 2.05) is 6.92 Å². The van der Waals surface area contributed by atoms with Crippen molar-refractivity contribution >= 4 is 17.6 Å². The van der Waals surface area contributed by atoms with Gasteiger partial charge in [0.25, 0.3) is 5.91 Å². The highest BCUT2D eigenvalue weighted by molar-refractivity contribution is 5.92. The Kier molecular flexibility index (Phi) is 4.80. The summed E-state index contributed by atoms with van der Waals surface area (Å²) in [6.45, 7) is 6.14. The summed E-state index contributed by atoms with van der Waals surface area (Å²) in [5.41, 5.74) is 4.62. The lowest BCUT2D eigenvalue weighted by Gasteiger charge is -2.20. The van der Waals surface area contributed by atoms with Crippen LogP contribution in [-0.2, 0) is 4.79 Å². The second-order valence-corrected chi connectivity index (χ2v) is 4.75. The number of rotatable bonds is 6. The smallest absolute Gasteiger partial charge is 0.271 e. The van der Waals surface area contributed by atoms with Crippen molar-refractivity contribution in [3.05, 3.63) is 18.1 Å². The van der Waals surface area contributed by atoms with Gasteiger partial charge in [-0.25, -0.2) is 9.97 Å². The molecule has 4 N–H and O–H groups in total. The van der Waals surface area contributed by atoms with Crippen LogP contribution < -0.4 is 16.4 Å². The summed E-state index contributed by atoms with van der Waals surface area (Å²) < 4.78 is 0. The Morgan fingerprint density at radius 2 is 2.00 bits per heavy atom. The van der Waals surface area contributed by atoms with E-state index in [9.17, 15) is 9.59 Å². The fraction of sp³-hybridized carbons (Fsp3) is 0.500. The number of anilines is 1. The second kappa shape index (κ2) is 6.12. The van der Waals surface area contributed by atoms with Crippen LogP contribution in [0.3, 0.4) is 0 Å². The van der Waals surface area contributed by atoms with Gasteiger partial charge < -0.3 is 16.4 Å². The highest BCUT2D eigenvalue weighted by Crippen LogP contribution is 2.12. The summed E-state index contributed by atoms with van der Waals surface area (Å²) in [6, 6.07) is 0. The number of hydrogen-bond donors (Lipinski definition) is 3. The van der Waals surface area contributed by atoms with Crippen molar-refractivity contribution in [2.75, 3.05) is 18.4 Å². The first-order chi connectivity index (χ1) is 8.86. The maximum Gasteiger partial charge on any atom is 0.271 e. The number of hydrogen-bond acceptors (Lipinski definition) is 5. The molecule has 7 heteroatoms. The molecule has 0 spiro atoms. The molecule has 1 aromatic rings. The van der Waals surface area contributed by atoms with Crippen LogP contribution >= 0.6 is 0 Å². The molecule has 0 fully saturated rings. The van der Waals surface area contributed by atoms with E-state index in [0.29, 0.717) is 5.82 Å². The Morgan fingerprint density at radius 1 is 1.32 bits per heavy atom. The number of carbonyl (C=O) groups excluding carboxylic acids is 2. The van der Waals surface area contributed by atoms with Crippen molar-refractivity contribution < 1.29 is 9.59 Å². The summed E-state index contributed by atoms with van der Waals surface area (Å²) in [5.74, 6) is -0.247. The van der Waals surface area contributed by atoms with Gasteiger partial charge in [-0.3, -0.25) is 9.59 Å². The topological polar surface area (TPSA) is 110 Å². The average molecular weight is 265 g/mol. The lowest BCUT2D eigenvalue weighted by atomic mass is 9.93. The molecular weight excluding hydrogens is 246 g/mol. The van der Waals surface area contributed by atoms with Crippen LogP contribution in [0.4, 0.5) is 5.82 Å². The third kappa shape index (κ3) is 4.20. The van der Waals surface area contributed by atoms with Crippen LogP contribution in [0.15, 0.2) is 12.4 Å². The van der Waals surface area contributed by atoms with Gasteiger partial charge in [-0.15, -0.1) is 0 Å². The second-order valence-electron chi connectivity index (χ2n) is 4.75. The fourth-order valence-corrected chi connectivity index (χ4v) is 1.20. The van der Waals surface area contributed by atoms with E-state index in [4.69, 9.17) is 5.73 Å². The van der Waals surface area contributed by atoms with Gasteiger partial charge in [0.15, 0.2) is 0 Å². The summed E-state index contributed by atoms with van der Waals surface area (Å²) in [6.07, 6.45) is 2.86. The molecule has 0 unspecified atom stereocenters. The summed E-state index contributed by atoms with van der Waals surface area (Å²) in [4.78, 5) is 31.0. The molecule has 0 saturated carbocycles. The Bertz CT molecular complexity index is 456. The van der Waals surface area contributed by atoms with Crippen LogP contribution in [0.5, 0.6) is 0 Å². The molecule has 1 aromatic heterocycles. The number of aromatic nitrogens is 2. The number of carbonyl (C=O) groups is 2. The van der Waals surface area contributed by atoms with Crippen LogP contribution in [0.2, 0.25) is 0 Å². The first-order valence-electron chi connectivity index (χ1n) is 6.01. The molecule has 0 aliphatic heterocycles. The van der Waals surface area contributed by atoms with Crippen molar-refractivity contribution in [3.8, 4) is 0 Å². The van der Waals surface area contributed by atoms with Gasteiger partial charge in [0.1, 0.15) is 11.5 Å². The van der Waals surface area contributed by atoms with E-state index in [1.165, 1.54) is 12.4 Å². The van der Waals surface area contributed by atoms with E-state index in [-0.39, 0.29) is 18.1 Å². The molecule has 104 valence electrons. The lowest BCUT2D eigenvalue weighted by molar-refractivity contribution is -0.125. The minimum atomic E-state index is -0.799. The zero-order valence-electron chi connectivity index (χ0n) is 11.4. The maximum atomic E-state index is 11.8. The minimum absolute atomic E-state index is 0.151. The summed E-state index contributed by atoms with van der Waals surface area (Å²) >= 11 is 0. The number of nitrogens with zero attached hydrogens (tertiary/aromatic N) is 2. The zero-order chi connectivity index (χ0) is 14.5. The van der Waals surface area contributed by atoms with Crippen molar-refractivity contribution in [3.63, 3.8) is 0 Å². The predicted molar refractivity (Wildman–Crippen MR) is 71.5 cm³/mol. The van der Waals surface area contributed by atoms with Gasteiger partial charge in [0.2, 0.25) is 5.91 Å². The van der Waals surface area contributed by atoms with Crippen LogP contribution in [0, 0.1) is 5.41 Å². The Balaban J connectivity index is 2.61. The van der Waals surface area contributed by atoms with Crippen LogP contribution in [0.1, 0.15) is 31.3 Å². The molecule has 1 heterocycles. The van der Waals surface area contributed by atoms with Gasteiger partial charge in [0.05, 0.1) is 17.8 Å². The largest absolute Gasteiger partial charge is 0.369 e. The first-order valence-corrected chi connectivity index (χ1v) is 6.01. The average Bonchev–Trinajstić information content (AvgIpc) is 2.37. The first kappa shape index (κ1) is 14.9. The molecule has 0 aliphatic rings. The number of primary amides is 1. The molecule has 7 nitrogen and oxygen atoms in total. The third-order valence-electron chi connectivity index (χ3n) is 2.60. The number of nitrogens with two attached hydrogens (primary N) is 1. The maximum absolute atomic E-state index is 11.8.